The van der Waals surface area contributed by atoms with Gasteiger partial charge in [0.15, 0.2) is 0 Å². The van der Waals surface area contributed by atoms with Gasteiger partial charge in [-0.2, -0.15) is 0 Å². The highest BCUT2D eigenvalue weighted by molar-refractivity contribution is 5.51. The molecule has 90 valence electrons. The molecule has 1 spiro atoms. The van der Waals surface area contributed by atoms with E-state index in [1.165, 1.54) is 6.42 Å². The van der Waals surface area contributed by atoms with Crippen LogP contribution >= 0.6 is 0 Å². The molecule has 0 radical (unpaired) electrons. The van der Waals surface area contributed by atoms with E-state index in [1.807, 2.05) is 13.0 Å². The first-order valence-electron chi connectivity index (χ1n) is 5.98. The summed E-state index contributed by atoms with van der Waals surface area (Å²) in [6.45, 7) is 16.1. The van der Waals surface area contributed by atoms with Gasteiger partial charge in [-0.25, -0.2) is 15.0 Å². The molecule has 0 bridgehead atoms. The normalized spacial score (nSPS) is 23.9. The Morgan fingerprint density at radius 2 is 2.00 bits per heavy atom. The van der Waals surface area contributed by atoms with Gasteiger partial charge >= 0.3 is 0 Å². The minimum atomic E-state index is -0.430. The van der Waals surface area contributed by atoms with Gasteiger partial charge in [0.25, 0.3) is 5.70 Å². The summed E-state index contributed by atoms with van der Waals surface area (Å²) in [5, 5.41) is 8.95. The Morgan fingerprint density at radius 1 is 1.33 bits per heavy atom. The Morgan fingerprint density at radius 3 is 2.50 bits per heavy atom. The maximum atomic E-state index is 8.95. The van der Waals surface area contributed by atoms with E-state index in [9.17, 15) is 0 Å². The van der Waals surface area contributed by atoms with Crippen LogP contribution < -0.4 is 0 Å². The fraction of sp³-hybridized carbons (Fsp3) is 0.500. The highest BCUT2D eigenvalue weighted by atomic mass is 16.5. The van der Waals surface area contributed by atoms with Crippen LogP contribution in [0.2, 0.25) is 0 Å². The summed E-state index contributed by atoms with van der Waals surface area (Å²) < 4.78 is 5.91. The summed E-state index contributed by atoms with van der Waals surface area (Å²) in [6, 6.07) is 1.82. The monoisotopic (exact) mass is 239 g/mol. The van der Waals surface area contributed by atoms with Gasteiger partial charge in [0.2, 0.25) is 5.70 Å². The summed E-state index contributed by atoms with van der Waals surface area (Å²) in [5.41, 5.74) is 0.719. The molecule has 0 atom stereocenters. The second-order valence-corrected chi connectivity index (χ2v) is 4.64. The Bertz CT molecular complexity index is 541. The molecule has 0 aromatic rings. The van der Waals surface area contributed by atoms with Gasteiger partial charge in [-0.15, -0.1) is 0 Å². The van der Waals surface area contributed by atoms with Gasteiger partial charge in [-0.05, 0) is 38.2 Å². The molecule has 0 aromatic heterocycles. The lowest BCUT2D eigenvalue weighted by atomic mass is 9.80. The zero-order valence-corrected chi connectivity index (χ0v) is 10.3. The molecule has 0 aromatic carbocycles. The highest BCUT2D eigenvalue weighted by Gasteiger charge is 2.44. The van der Waals surface area contributed by atoms with E-state index in [4.69, 9.17) is 23.1 Å². The van der Waals surface area contributed by atoms with Crippen LogP contribution in [0.4, 0.5) is 0 Å². The van der Waals surface area contributed by atoms with Gasteiger partial charge in [0.05, 0.1) is 19.2 Å². The molecule has 4 heteroatoms. The van der Waals surface area contributed by atoms with Crippen LogP contribution in [0.5, 0.6) is 0 Å². The van der Waals surface area contributed by atoms with Crippen LogP contribution in [0.3, 0.4) is 0 Å². The van der Waals surface area contributed by atoms with Crippen molar-refractivity contribution in [1.29, 1.82) is 5.26 Å². The predicted octanol–water partition coefficient (Wildman–Crippen LogP) is 3.57. The Balaban J connectivity index is 2.54. The first-order chi connectivity index (χ1) is 8.68. The van der Waals surface area contributed by atoms with Crippen molar-refractivity contribution in [2.45, 2.75) is 44.6 Å². The molecule has 0 saturated heterocycles. The fourth-order valence-corrected chi connectivity index (χ4v) is 2.73. The number of rotatable bonds is 0. The van der Waals surface area contributed by atoms with E-state index < -0.39 is 5.60 Å². The lowest BCUT2D eigenvalue weighted by Gasteiger charge is -2.35. The van der Waals surface area contributed by atoms with E-state index >= 15 is 0 Å². The number of nitrogens with zero attached hydrogens (tertiary/aromatic N) is 3. The van der Waals surface area contributed by atoms with E-state index in [-0.39, 0.29) is 11.5 Å². The van der Waals surface area contributed by atoms with Crippen LogP contribution in [-0.2, 0) is 4.74 Å². The molecule has 0 unspecified atom stereocenters. The van der Waals surface area contributed by atoms with Crippen LogP contribution in [0.1, 0.15) is 39.0 Å². The summed E-state index contributed by atoms with van der Waals surface area (Å²) in [7, 11) is 0. The Hall–Kier alpha value is -2.25. The number of nitriles is 1. The second kappa shape index (κ2) is 4.55. The number of ether oxygens (including phenoxy) is 1. The quantitative estimate of drug-likeness (QED) is 0.479. The van der Waals surface area contributed by atoms with Crippen molar-refractivity contribution < 1.29 is 4.74 Å². The molecular weight excluding hydrogens is 226 g/mol. The summed E-state index contributed by atoms with van der Waals surface area (Å²) >= 11 is 0. The van der Waals surface area contributed by atoms with Crippen LogP contribution in [0.15, 0.2) is 22.7 Å². The van der Waals surface area contributed by atoms with Crippen LogP contribution in [0, 0.1) is 24.5 Å². The van der Waals surface area contributed by atoms with Crippen molar-refractivity contribution in [3.05, 3.63) is 45.6 Å². The first kappa shape index (κ1) is 12.2. The maximum Gasteiger partial charge on any atom is 0.292 e. The predicted molar refractivity (Wildman–Crippen MR) is 65.4 cm³/mol. The van der Waals surface area contributed by atoms with Gasteiger partial charge in [-0.3, -0.25) is 0 Å². The minimum Gasteiger partial charge on any atom is -0.505 e. The van der Waals surface area contributed by atoms with Crippen LogP contribution in [-0.4, -0.2) is 5.60 Å². The molecule has 1 fully saturated rings. The fourth-order valence-electron chi connectivity index (χ4n) is 2.73. The van der Waals surface area contributed by atoms with Crippen molar-refractivity contribution in [1.82, 2.24) is 0 Å². The van der Waals surface area contributed by atoms with Gasteiger partial charge in [-0.1, -0.05) is 6.42 Å². The third-order valence-electron chi connectivity index (χ3n) is 3.76. The molecule has 0 amide bonds. The van der Waals surface area contributed by atoms with Crippen molar-refractivity contribution in [2.75, 3.05) is 0 Å². The lowest BCUT2D eigenvalue weighted by Crippen LogP contribution is -2.32. The lowest BCUT2D eigenvalue weighted by molar-refractivity contribution is 0.0232. The standard InChI is InChI=1S/C14H13N3O/c1-10-12(17-3)13(11(9-15)16-2)18-14(10)7-5-4-6-8-14/h4-8H2,1H3/b13-11+. The van der Waals surface area contributed by atoms with E-state index in [2.05, 4.69) is 9.69 Å². The molecule has 18 heavy (non-hydrogen) atoms. The average molecular weight is 239 g/mol. The van der Waals surface area contributed by atoms with Gasteiger partial charge in [0, 0.05) is 0 Å². The number of hydrogen-bond acceptors (Lipinski definition) is 2. The molecular formula is C14H13N3O. The number of hydrogen-bond donors (Lipinski definition) is 0. The minimum absolute atomic E-state index is 0.109. The van der Waals surface area contributed by atoms with Crippen molar-refractivity contribution in [2.24, 2.45) is 0 Å². The molecule has 1 saturated carbocycles. The van der Waals surface area contributed by atoms with E-state index in [0.29, 0.717) is 5.70 Å². The summed E-state index contributed by atoms with van der Waals surface area (Å²) in [6.07, 6.45) is 5.06. The van der Waals surface area contributed by atoms with Crippen molar-refractivity contribution in [3.8, 4) is 6.07 Å². The van der Waals surface area contributed by atoms with Crippen molar-refractivity contribution >= 4 is 0 Å². The molecule has 0 N–H and O–H groups in total. The molecule has 2 aliphatic rings. The Labute approximate surface area is 107 Å². The SMILES string of the molecule is [C-]#[N+]C1=C(C)C2(CCCCC2)O/C1=C(\C#N)[N+]#[C-]. The topological polar surface area (TPSA) is 41.7 Å². The number of allylic oxidation sites excluding steroid dienone is 1. The van der Waals surface area contributed by atoms with Crippen molar-refractivity contribution in [3.63, 3.8) is 0 Å². The van der Waals surface area contributed by atoms with E-state index in [0.717, 1.165) is 31.3 Å². The zero-order chi connectivity index (χ0) is 13.2. The molecule has 1 aliphatic carbocycles. The molecule has 1 aliphatic heterocycles. The van der Waals surface area contributed by atoms with E-state index in [1.54, 1.807) is 0 Å². The smallest absolute Gasteiger partial charge is 0.292 e. The Kier molecular flexibility index (Phi) is 3.09. The third-order valence-corrected chi connectivity index (χ3v) is 3.76. The largest absolute Gasteiger partial charge is 0.505 e. The first-order valence-corrected chi connectivity index (χ1v) is 5.98. The van der Waals surface area contributed by atoms with Gasteiger partial charge in [0.1, 0.15) is 11.4 Å². The molecule has 2 rings (SSSR count). The zero-order valence-electron chi connectivity index (χ0n) is 10.3. The highest BCUT2D eigenvalue weighted by Crippen LogP contribution is 2.48. The van der Waals surface area contributed by atoms with Gasteiger partial charge < -0.3 is 4.74 Å². The second-order valence-electron chi connectivity index (χ2n) is 4.64. The molecule has 1 heterocycles. The average Bonchev–Trinajstić information content (AvgIpc) is 2.65. The maximum absolute atomic E-state index is 8.95. The summed E-state index contributed by atoms with van der Waals surface area (Å²) in [5.74, 6) is 0.196. The molecule has 4 nitrogen and oxygen atoms in total. The third kappa shape index (κ3) is 1.66. The van der Waals surface area contributed by atoms with Crippen LogP contribution in [0.25, 0.3) is 9.69 Å². The summed E-state index contributed by atoms with van der Waals surface area (Å²) in [4.78, 5) is 6.63.